The molecule has 0 saturated carbocycles. The third kappa shape index (κ3) is 2.38. The Morgan fingerprint density at radius 1 is 1.18 bits per heavy atom. The quantitative estimate of drug-likeness (QED) is 0.874. The molecule has 0 aliphatic carbocycles. The van der Waals surface area contributed by atoms with E-state index < -0.39 is 17.5 Å². The van der Waals surface area contributed by atoms with E-state index in [1.54, 1.807) is 11.0 Å². The zero-order chi connectivity index (χ0) is 15.7. The van der Waals surface area contributed by atoms with Crippen molar-refractivity contribution in [2.75, 3.05) is 13.1 Å². The van der Waals surface area contributed by atoms with Crippen molar-refractivity contribution in [3.63, 3.8) is 0 Å². The van der Waals surface area contributed by atoms with Gasteiger partial charge in [-0.15, -0.1) is 0 Å². The fourth-order valence-corrected chi connectivity index (χ4v) is 2.48. The lowest BCUT2D eigenvalue weighted by Crippen LogP contribution is -2.27. The van der Waals surface area contributed by atoms with Gasteiger partial charge in [0.25, 0.3) is 0 Å². The Kier molecular flexibility index (Phi) is 3.70. The lowest BCUT2D eigenvalue weighted by molar-refractivity contribution is 0.447. The number of aromatic nitrogens is 3. The van der Waals surface area contributed by atoms with Gasteiger partial charge in [0.2, 0.25) is 0 Å². The van der Waals surface area contributed by atoms with Crippen LogP contribution in [0.1, 0.15) is 12.5 Å². The number of likely N-dealkylation sites (N-methyl/N-ethyl adjacent to an activating group) is 1. The summed E-state index contributed by atoms with van der Waals surface area (Å²) in [7, 11) is 0. The van der Waals surface area contributed by atoms with Gasteiger partial charge in [-0.2, -0.15) is 5.10 Å². The largest absolute Gasteiger partial charge is 0.366 e. The van der Waals surface area contributed by atoms with E-state index in [4.69, 9.17) is 0 Å². The molecular formula is C15H13F3N4. The summed E-state index contributed by atoms with van der Waals surface area (Å²) < 4.78 is 43.0. The predicted molar refractivity (Wildman–Crippen MR) is 75.8 cm³/mol. The first-order valence-electron chi connectivity index (χ1n) is 6.77. The summed E-state index contributed by atoms with van der Waals surface area (Å²) in [4.78, 5) is 5.64. The molecule has 1 aliphatic rings. The Hall–Kier alpha value is -2.57. The molecule has 0 unspecified atom stereocenters. The normalized spacial score (nSPS) is 14.8. The highest BCUT2D eigenvalue weighted by molar-refractivity contribution is 5.87. The van der Waals surface area contributed by atoms with Crippen LogP contribution in [-0.2, 0) is 0 Å². The number of benzene rings is 1. The molecule has 1 aromatic heterocycles. The van der Waals surface area contributed by atoms with E-state index in [2.05, 4.69) is 10.1 Å². The molecule has 0 bridgehead atoms. The summed E-state index contributed by atoms with van der Waals surface area (Å²) in [6.45, 7) is 2.91. The molecule has 2 heterocycles. The van der Waals surface area contributed by atoms with Gasteiger partial charge in [0.1, 0.15) is 30.1 Å². The summed E-state index contributed by atoms with van der Waals surface area (Å²) in [5.41, 5.74) is 0.540. The lowest BCUT2D eigenvalue weighted by atomic mass is 10.0. The molecule has 2 aromatic rings. The van der Waals surface area contributed by atoms with Gasteiger partial charge in [-0.25, -0.2) is 22.8 Å². The SMILES string of the molecule is CCN1CC=CC(n2cncn2)=C1c1c(F)cc(F)cc1F. The van der Waals surface area contributed by atoms with Crippen LogP contribution in [0.3, 0.4) is 0 Å². The summed E-state index contributed by atoms with van der Waals surface area (Å²) >= 11 is 0. The second kappa shape index (κ2) is 5.67. The average molecular weight is 306 g/mol. The van der Waals surface area contributed by atoms with Crippen molar-refractivity contribution >= 4 is 11.4 Å². The third-order valence-corrected chi connectivity index (χ3v) is 3.45. The first-order chi connectivity index (χ1) is 10.6. The summed E-state index contributed by atoms with van der Waals surface area (Å²) in [5.74, 6) is -2.84. The van der Waals surface area contributed by atoms with Gasteiger partial charge in [0, 0.05) is 25.2 Å². The van der Waals surface area contributed by atoms with E-state index in [0.29, 0.717) is 36.6 Å². The summed E-state index contributed by atoms with van der Waals surface area (Å²) in [5, 5.41) is 4.01. The van der Waals surface area contributed by atoms with Crippen molar-refractivity contribution in [1.82, 2.24) is 19.7 Å². The molecule has 7 heteroatoms. The number of allylic oxidation sites excluding steroid dienone is 2. The van der Waals surface area contributed by atoms with Crippen LogP contribution in [0.25, 0.3) is 11.4 Å². The fourth-order valence-electron chi connectivity index (χ4n) is 2.48. The Morgan fingerprint density at radius 3 is 2.50 bits per heavy atom. The van der Waals surface area contributed by atoms with E-state index >= 15 is 0 Å². The number of halogens is 3. The van der Waals surface area contributed by atoms with Crippen molar-refractivity contribution < 1.29 is 13.2 Å². The molecule has 4 nitrogen and oxygen atoms in total. The van der Waals surface area contributed by atoms with Crippen molar-refractivity contribution in [2.45, 2.75) is 6.92 Å². The first kappa shape index (κ1) is 14.4. The maximum absolute atomic E-state index is 14.2. The molecule has 0 spiro atoms. The molecule has 1 aliphatic heterocycles. The van der Waals surface area contributed by atoms with Crippen LogP contribution in [-0.4, -0.2) is 32.8 Å². The van der Waals surface area contributed by atoms with E-state index in [1.165, 1.54) is 17.3 Å². The topological polar surface area (TPSA) is 34.0 Å². The van der Waals surface area contributed by atoms with Crippen molar-refractivity contribution in [3.05, 3.63) is 60.0 Å². The highest BCUT2D eigenvalue weighted by atomic mass is 19.1. The van der Waals surface area contributed by atoms with Gasteiger partial charge >= 0.3 is 0 Å². The molecule has 0 amide bonds. The van der Waals surface area contributed by atoms with Crippen molar-refractivity contribution in [2.24, 2.45) is 0 Å². The molecule has 1 aromatic carbocycles. The fraction of sp³-hybridized carbons (Fsp3) is 0.200. The van der Waals surface area contributed by atoms with Gasteiger partial charge in [0.15, 0.2) is 0 Å². The highest BCUT2D eigenvalue weighted by Gasteiger charge is 2.25. The number of hydrogen-bond donors (Lipinski definition) is 0. The van der Waals surface area contributed by atoms with Gasteiger partial charge in [-0.05, 0) is 13.0 Å². The van der Waals surface area contributed by atoms with Crippen molar-refractivity contribution in [1.29, 1.82) is 0 Å². The number of rotatable bonds is 3. The Labute approximate surface area is 125 Å². The monoisotopic (exact) mass is 306 g/mol. The Balaban J connectivity index is 2.28. The van der Waals surface area contributed by atoms with Crippen LogP contribution in [0.15, 0.2) is 36.9 Å². The predicted octanol–water partition coefficient (Wildman–Crippen LogP) is 2.91. The zero-order valence-corrected chi connectivity index (χ0v) is 11.8. The molecule has 3 rings (SSSR count). The van der Waals surface area contributed by atoms with E-state index in [0.717, 1.165) is 0 Å². The second-order valence-corrected chi connectivity index (χ2v) is 4.76. The molecular weight excluding hydrogens is 293 g/mol. The Bertz CT molecular complexity index is 727. The third-order valence-electron chi connectivity index (χ3n) is 3.45. The van der Waals surface area contributed by atoms with E-state index in [9.17, 15) is 13.2 Å². The van der Waals surface area contributed by atoms with E-state index in [-0.39, 0.29) is 5.56 Å². The molecule has 0 atom stereocenters. The minimum absolute atomic E-state index is 0.266. The van der Waals surface area contributed by atoms with Crippen LogP contribution >= 0.6 is 0 Å². The standard InChI is InChI=1S/C15H13F3N4/c1-2-21-5-3-4-13(22-9-19-8-20-22)15(21)14-11(17)6-10(16)7-12(14)18/h3-4,6-9H,2,5H2,1H3. The molecule has 0 radical (unpaired) electrons. The molecule has 0 fully saturated rings. The average Bonchev–Trinajstić information content (AvgIpc) is 3.00. The summed E-state index contributed by atoms with van der Waals surface area (Å²) in [6.07, 6.45) is 6.36. The van der Waals surface area contributed by atoms with Crippen LogP contribution in [0.5, 0.6) is 0 Å². The second-order valence-electron chi connectivity index (χ2n) is 4.76. The van der Waals surface area contributed by atoms with E-state index in [1.807, 2.05) is 13.0 Å². The summed E-state index contributed by atoms with van der Waals surface area (Å²) in [6, 6.07) is 1.35. The van der Waals surface area contributed by atoms with Crippen molar-refractivity contribution in [3.8, 4) is 0 Å². The number of hydrogen-bond acceptors (Lipinski definition) is 3. The molecule has 0 N–H and O–H groups in total. The maximum Gasteiger partial charge on any atom is 0.138 e. The molecule has 114 valence electrons. The van der Waals surface area contributed by atoms with Crippen LogP contribution < -0.4 is 0 Å². The minimum Gasteiger partial charge on any atom is -0.366 e. The minimum atomic E-state index is -0.948. The molecule has 0 saturated heterocycles. The van der Waals surface area contributed by atoms with Crippen LogP contribution in [0.4, 0.5) is 13.2 Å². The van der Waals surface area contributed by atoms with Gasteiger partial charge in [0.05, 0.1) is 17.0 Å². The highest BCUT2D eigenvalue weighted by Crippen LogP contribution is 2.32. The first-order valence-corrected chi connectivity index (χ1v) is 6.77. The van der Waals surface area contributed by atoms with Crippen LogP contribution in [0, 0.1) is 17.5 Å². The zero-order valence-electron chi connectivity index (χ0n) is 11.8. The van der Waals surface area contributed by atoms with Gasteiger partial charge < -0.3 is 4.90 Å². The van der Waals surface area contributed by atoms with Gasteiger partial charge in [-0.3, -0.25) is 0 Å². The Morgan fingerprint density at radius 2 is 1.91 bits per heavy atom. The van der Waals surface area contributed by atoms with Crippen LogP contribution in [0.2, 0.25) is 0 Å². The molecule has 22 heavy (non-hydrogen) atoms. The number of nitrogens with zero attached hydrogens (tertiary/aromatic N) is 4. The maximum atomic E-state index is 14.2. The van der Waals surface area contributed by atoms with Gasteiger partial charge in [-0.1, -0.05) is 6.08 Å². The smallest absolute Gasteiger partial charge is 0.138 e. The lowest BCUT2D eigenvalue weighted by Gasteiger charge is -2.30.